The lowest BCUT2D eigenvalue weighted by Gasteiger charge is -2.25. The predicted octanol–water partition coefficient (Wildman–Crippen LogP) is 2.99. The van der Waals surface area contributed by atoms with E-state index in [9.17, 15) is 0 Å². The molecular formula is C16H21N2P. The van der Waals surface area contributed by atoms with E-state index in [1.807, 2.05) is 0 Å². The van der Waals surface area contributed by atoms with Crippen LogP contribution >= 0.6 is 9.24 Å². The van der Waals surface area contributed by atoms with Crippen LogP contribution in [-0.2, 0) is 0 Å². The zero-order valence-electron chi connectivity index (χ0n) is 12.0. The molecule has 0 saturated carbocycles. The summed E-state index contributed by atoms with van der Waals surface area (Å²) in [6.07, 6.45) is 0. The summed E-state index contributed by atoms with van der Waals surface area (Å²) in [4.78, 5) is 4.33. The summed E-state index contributed by atoms with van der Waals surface area (Å²) < 4.78 is 0. The summed E-state index contributed by atoms with van der Waals surface area (Å²) in [6.45, 7) is 0. The topological polar surface area (TPSA) is 6.48 Å². The van der Waals surface area contributed by atoms with Crippen molar-refractivity contribution in [3.63, 3.8) is 0 Å². The molecule has 100 valence electrons. The van der Waals surface area contributed by atoms with Crippen molar-refractivity contribution in [1.82, 2.24) is 0 Å². The van der Waals surface area contributed by atoms with E-state index in [4.69, 9.17) is 0 Å². The highest BCUT2D eigenvalue weighted by Gasteiger charge is 2.14. The summed E-state index contributed by atoms with van der Waals surface area (Å²) >= 11 is 0. The predicted molar refractivity (Wildman–Crippen MR) is 89.9 cm³/mol. The van der Waals surface area contributed by atoms with E-state index >= 15 is 0 Å². The Bertz CT molecular complexity index is 550. The Morgan fingerprint density at radius 1 is 0.737 bits per heavy atom. The van der Waals surface area contributed by atoms with Crippen LogP contribution in [0.1, 0.15) is 0 Å². The van der Waals surface area contributed by atoms with Crippen molar-refractivity contribution >= 4 is 25.9 Å². The van der Waals surface area contributed by atoms with Gasteiger partial charge in [-0.05, 0) is 23.0 Å². The fourth-order valence-corrected chi connectivity index (χ4v) is 2.63. The van der Waals surface area contributed by atoms with E-state index in [1.54, 1.807) is 0 Å². The molecule has 0 amide bonds. The average Bonchev–Trinajstić information content (AvgIpc) is 2.38. The Kier molecular flexibility index (Phi) is 4.11. The fraction of sp³-hybridized carbons (Fsp3) is 0.250. The third-order valence-corrected chi connectivity index (χ3v) is 3.72. The normalized spacial score (nSPS) is 10.4. The van der Waals surface area contributed by atoms with Crippen LogP contribution in [0.2, 0.25) is 0 Å². The first kappa shape index (κ1) is 13.9. The molecule has 2 nitrogen and oxygen atoms in total. The minimum absolute atomic E-state index is 1.22. The highest BCUT2D eigenvalue weighted by molar-refractivity contribution is 7.28. The Labute approximate surface area is 118 Å². The molecule has 0 saturated heterocycles. The van der Waals surface area contributed by atoms with Gasteiger partial charge in [-0.2, -0.15) is 0 Å². The molecule has 0 aliphatic carbocycles. The smallest absolute Gasteiger partial charge is 0.0461 e. The van der Waals surface area contributed by atoms with Crippen molar-refractivity contribution in [1.29, 1.82) is 0 Å². The molecule has 2 aromatic rings. The van der Waals surface area contributed by atoms with Crippen molar-refractivity contribution in [3.8, 4) is 11.1 Å². The van der Waals surface area contributed by atoms with Gasteiger partial charge in [0.2, 0.25) is 0 Å². The van der Waals surface area contributed by atoms with Gasteiger partial charge in [0.15, 0.2) is 0 Å². The van der Waals surface area contributed by atoms with E-state index in [2.05, 4.69) is 89.7 Å². The van der Waals surface area contributed by atoms with Crippen molar-refractivity contribution < 1.29 is 0 Å². The second kappa shape index (κ2) is 5.63. The molecule has 1 unspecified atom stereocenters. The van der Waals surface area contributed by atoms with Crippen LogP contribution in [0.15, 0.2) is 42.5 Å². The van der Waals surface area contributed by atoms with Crippen molar-refractivity contribution in [3.05, 3.63) is 42.5 Å². The van der Waals surface area contributed by atoms with E-state index in [-0.39, 0.29) is 0 Å². The zero-order valence-corrected chi connectivity index (χ0v) is 13.2. The third kappa shape index (κ3) is 2.74. The van der Waals surface area contributed by atoms with E-state index in [0.29, 0.717) is 0 Å². The van der Waals surface area contributed by atoms with Crippen molar-refractivity contribution in [2.45, 2.75) is 0 Å². The molecule has 0 N–H and O–H groups in total. The maximum Gasteiger partial charge on any atom is 0.0461 e. The summed E-state index contributed by atoms with van der Waals surface area (Å²) in [6, 6.07) is 14.9. The van der Waals surface area contributed by atoms with Gasteiger partial charge in [-0.3, -0.25) is 0 Å². The Hall–Kier alpha value is -1.53. The van der Waals surface area contributed by atoms with Gasteiger partial charge in [0, 0.05) is 45.1 Å². The molecule has 0 aliphatic heterocycles. The Morgan fingerprint density at radius 3 is 1.74 bits per heavy atom. The van der Waals surface area contributed by atoms with Gasteiger partial charge in [0.05, 0.1) is 0 Å². The van der Waals surface area contributed by atoms with E-state index in [1.165, 1.54) is 27.8 Å². The monoisotopic (exact) mass is 272 g/mol. The molecule has 0 spiro atoms. The Morgan fingerprint density at radius 2 is 1.26 bits per heavy atom. The number of hydrogen-bond donors (Lipinski definition) is 0. The number of hydrogen-bond acceptors (Lipinski definition) is 2. The molecular weight excluding hydrogens is 251 g/mol. The summed E-state index contributed by atoms with van der Waals surface area (Å²) in [5, 5.41) is 1.22. The maximum absolute atomic E-state index is 2.83. The molecule has 3 heteroatoms. The molecule has 0 fully saturated rings. The Balaban J connectivity index is 2.76. The standard InChI is InChI=1S/C16H21N2P/c1-17(2)13-9-7-10-14(18(3)4)16(13)12-8-5-6-11-15(12)19/h5-11H,19H2,1-4H3. The highest BCUT2D eigenvalue weighted by Crippen LogP contribution is 2.37. The summed E-state index contributed by atoms with van der Waals surface area (Å²) in [5.41, 5.74) is 5.02. The minimum atomic E-state index is 1.22. The first-order valence-corrected chi connectivity index (χ1v) is 6.92. The maximum atomic E-state index is 2.83. The van der Waals surface area contributed by atoms with Crippen molar-refractivity contribution in [2.24, 2.45) is 0 Å². The van der Waals surface area contributed by atoms with E-state index in [0.717, 1.165) is 0 Å². The lowest BCUT2D eigenvalue weighted by atomic mass is 10.00. The van der Waals surface area contributed by atoms with Gasteiger partial charge in [-0.1, -0.05) is 30.3 Å². The SMILES string of the molecule is CN(C)c1cccc(N(C)C)c1-c1ccccc1P. The fourth-order valence-electron chi connectivity index (χ4n) is 2.27. The van der Waals surface area contributed by atoms with Gasteiger partial charge in [-0.25, -0.2) is 0 Å². The molecule has 0 radical (unpaired) electrons. The van der Waals surface area contributed by atoms with E-state index < -0.39 is 0 Å². The van der Waals surface area contributed by atoms with Gasteiger partial charge in [-0.15, -0.1) is 9.24 Å². The second-order valence-corrected chi connectivity index (χ2v) is 5.67. The molecule has 0 heterocycles. The minimum Gasteiger partial charge on any atom is -0.377 e. The molecule has 0 aliphatic rings. The van der Waals surface area contributed by atoms with Crippen molar-refractivity contribution in [2.75, 3.05) is 38.0 Å². The van der Waals surface area contributed by atoms with Gasteiger partial charge in [0.25, 0.3) is 0 Å². The van der Waals surface area contributed by atoms with Gasteiger partial charge < -0.3 is 9.80 Å². The zero-order chi connectivity index (χ0) is 14.0. The molecule has 0 aromatic heterocycles. The number of nitrogens with zero attached hydrogens (tertiary/aromatic N) is 2. The quantitative estimate of drug-likeness (QED) is 0.793. The van der Waals surface area contributed by atoms with Crippen LogP contribution in [0, 0.1) is 0 Å². The second-order valence-electron chi connectivity index (χ2n) is 5.05. The lowest BCUT2D eigenvalue weighted by Crippen LogP contribution is -2.16. The number of benzene rings is 2. The van der Waals surface area contributed by atoms with Gasteiger partial charge in [0.1, 0.15) is 0 Å². The molecule has 19 heavy (non-hydrogen) atoms. The summed E-state index contributed by atoms with van der Waals surface area (Å²) in [7, 11) is 11.2. The summed E-state index contributed by atoms with van der Waals surface area (Å²) in [5.74, 6) is 0. The van der Waals surface area contributed by atoms with Crippen LogP contribution in [0.4, 0.5) is 11.4 Å². The number of anilines is 2. The number of rotatable bonds is 3. The third-order valence-electron chi connectivity index (χ3n) is 3.21. The van der Waals surface area contributed by atoms with Crippen LogP contribution in [0.5, 0.6) is 0 Å². The lowest BCUT2D eigenvalue weighted by molar-refractivity contribution is 1.10. The van der Waals surface area contributed by atoms with Crippen LogP contribution < -0.4 is 15.1 Å². The molecule has 2 rings (SSSR count). The molecule has 1 atom stereocenters. The highest BCUT2D eigenvalue weighted by atomic mass is 31.0. The first-order valence-electron chi connectivity index (χ1n) is 6.35. The first-order chi connectivity index (χ1) is 9.02. The van der Waals surface area contributed by atoms with Crippen LogP contribution in [0.25, 0.3) is 11.1 Å². The van der Waals surface area contributed by atoms with Crippen LogP contribution in [-0.4, -0.2) is 28.2 Å². The molecule has 2 aromatic carbocycles. The van der Waals surface area contributed by atoms with Crippen LogP contribution in [0.3, 0.4) is 0 Å². The largest absolute Gasteiger partial charge is 0.377 e. The molecule has 0 bridgehead atoms. The average molecular weight is 272 g/mol. The van der Waals surface area contributed by atoms with Gasteiger partial charge >= 0.3 is 0 Å².